The minimum atomic E-state index is 0.0364. The van der Waals surface area contributed by atoms with Gasteiger partial charge < -0.3 is 5.32 Å². The highest BCUT2D eigenvalue weighted by molar-refractivity contribution is 5.11. The lowest BCUT2D eigenvalue weighted by molar-refractivity contribution is 0.388. The van der Waals surface area contributed by atoms with Gasteiger partial charge in [-0.25, -0.2) is 4.98 Å². The van der Waals surface area contributed by atoms with Gasteiger partial charge in [-0.2, -0.15) is 5.10 Å². The van der Waals surface area contributed by atoms with Crippen molar-refractivity contribution >= 4 is 0 Å². The van der Waals surface area contributed by atoms with Crippen LogP contribution in [-0.4, -0.2) is 21.3 Å². The first-order chi connectivity index (χ1) is 8.69. The molecular formula is C14H24N4. The molecule has 3 rings (SSSR count). The molecule has 1 aromatic rings. The molecule has 0 aromatic carbocycles. The van der Waals surface area contributed by atoms with Crippen molar-refractivity contribution < 1.29 is 0 Å². The van der Waals surface area contributed by atoms with Crippen molar-refractivity contribution in [1.29, 1.82) is 0 Å². The van der Waals surface area contributed by atoms with Crippen molar-refractivity contribution in [3.8, 4) is 0 Å². The zero-order chi connectivity index (χ0) is 12.6. The number of rotatable bonds is 2. The summed E-state index contributed by atoms with van der Waals surface area (Å²) < 4.78 is 2.00. The highest BCUT2D eigenvalue weighted by Gasteiger charge is 2.35. The molecule has 18 heavy (non-hydrogen) atoms. The molecule has 1 saturated heterocycles. The van der Waals surface area contributed by atoms with Crippen molar-refractivity contribution in [3.05, 3.63) is 11.6 Å². The monoisotopic (exact) mass is 248 g/mol. The van der Waals surface area contributed by atoms with E-state index in [0.717, 1.165) is 18.2 Å². The Balaban J connectivity index is 1.85. The van der Waals surface area contributed by atoms with Crippen molar-refractivity contribution in [2.75, 3.05) is 6.54 Å². The van der Waals surface area contributed by atoms with E-state index in [2.05, 4.69) is 17.3 Å². The van der Waals surface area contributed by atoms with Crippen LogP contribution in [0.5, 0.6) is 0 Å². The van der Waals surface area contributed by atoms with Crippen LogP contribution in [-0.2, 0) is 12.6 Å². The maximum atomic E-state index is 4.88. The van der Waals surface area contributed by atoms with Gasteiger partial charge in [0.2, 0.25) is 0 Å². The fourth-order valence-corrected chi connectivity index (χ4v) is 3.50. The number of hydrogen-bond acceptors (Lipinski definition) is 3. The van der Waals surface area contributed by atoms with Gasteiger partial charge >= 0.3 is 0 Å². The standard InChI is InChI=1S/C14H24N4/c1-14(9-6-10-15-14)13-16-12(17-18(13)2)11-7-4-3-5-8-11/h11,15H,3-10H2,1-2H3. The summed E-state index contributed by atoms with van der Waals surface area (Å²) in [5, 5.41) is 8.27. The molecular weight excluding hydrogens is 224 g/mol. The second-order valence-corrected chi connectivity index (χ2v) is 6.11. The molecule has 1 atom stereocenters. The fourth-order valence-electron chi connectivity index (χ4n) is 3.50. The maximum Gasteiger partial charge on any atom is 0.154 e. The fraction of sp³-hybridized carbons (Fsp3) is 0.857. The Bertz CT molecular complexity index is 411. The molecule has 1 unspecified atom stereocenters. The van der Waals surface area contributed by atoms with Crippen molar-refractivity contribution in [2.24, 2.45) is 7.05 Å². The van der Waals surface area contributed by atoms with Gasteiger partial charge in [0.05, 0.1) is 5.54 Å². The Hall–Kier alpha value is -0.900. The van der Waals surface area contributed by atoms with Gasteiger partial charge in [-0.15, -0.1) is 0 Å². The molecule has 1 aromatic heterocycles. The van der Waals surface area contributed by atoms with E-state index in [1.54, 1.807) is 0 Å². The summed E-state index contributed by atoms with van der Waals surface area (Å²) in [5.74, 6) is 2.81. The third-order valence-electron chi connectivity index (χ3n) is 4.61. The molecule has 100 valence electrons. The molecule has 0 spiro atoms. The third-order valence-corrected chi connectivity index (χ3v) is 4.61. The molecule has 0 amide bonds. The zero-order valence-corrected chi connectivity index (χ0v) is 11.6. The van der Waals surface area contributed by atoms with E-state index in [9.17, 15) is 0 Å². The Morgan fingerprint density at radius 3 is 2.67 bits per heavy atom. The second-order valence-electron chi connectivity index (χ2n) is 6.11. The zero-order valence-electron chi connectivity index (χ0n) is 11.6. The Kier molecular flexibility index (Phi) is 3.14. The first-order valence-electron chi connectivity index (χ1n) is 7.35. The summed E-state index contributed by atoms with van der Waals surface area (Å²) in [6, 6.07) is 0. The minimum absolute atomic E-state index is 0.0364. The number of nitrogens with zero attached hydrogens (tertiary/aromatic N) is 3. The number of aryl methyl sites for hydroxylation is 1. The molecule has 4 nitrogen and oxygen atoms in total. The number of hydrogen-bond donors (Lipinski definition) is 1. The van der Waals surface area contributed by atoms with Crippen molar-refractivity contribution in [1.82, 2.24) is 20.1 Å². The van der Waals surface area contributed by atoms with Crippen LogP contribution in [0.25, 0.3) is 0 Å². The molecule has 2 fully saturated rings. The Morgan fingerprint density at radius 1 is 1.22 bits per heavy atom. The van der Waals surface area contributed by atoms with Gasteiger partial charge in [0, 0.05) is 13.0 Å². The molecule has 0 radical (unpaired) electrons. The summed E-state index contributed by atoms with van der Waals surface area (Å²) in [6.45, 7) is 3.36. The summed E-state index contributed by atoms with van der Waals surface area (Å²) in [5.41, 5.74) is 0.0364. The van der Waals surface area contributed by atoms with E-state index in [1.807, 2.05) is 11.7 Å². The topological polar surface area (TPSA) is 42.7 Å². The van der Waals surface area contributed by atoms with Crippen LogP contribution in [0.1, 0.15) is 69.4 Å². The van der Waals surface area contributed by atoms with Gasteiger partial charge in [-0.1, -0.05) is 19.3 Å². The SMILES string of the molecule is Cn1nc(C2CCCCC2)nc1C1(C)CCCN1. The Morgan fingerprint density at radius 2 is 2.00 bits per heavy atom. The van der Waals surface area contributed by atoms with E-state index >= 15 is 0 Å². The van der Waals surface area contributed by atoms with Gasteiger partial charge in [-0.3, -0.25) is 4.68 Å². The third kappa shape index (κ3) is 2.07. The molecule has 1 N–H and O–H groups in total. The summed E-state index contributed by atoms with van der Waals surface area (Å²) in [4.78, 5) is 4.88. The predicted molar refractivity (Wildman–Crippen MR) is 71.4 cm³/mol. The van der Waals surface area contributed by atoms with Crippen LogP contribution in [0.3, 0.4) is 0 Å². The molecule has 1 aliphatic heterocycles. The normalized spacial score (nSPS) is 29.9. The van der Waals surface area contributed by atoms with Crippen LogP contribution in [0.15, 0.2) is 0 Å². The second kappa shape index (κ2) is 4.65. The lowest BCUT2D eigenvalue weighted by atomic mass is 9.89. The van der Waals surface area contributed by atoms with Crippen LogP contribution in [0, 0.1) is 0 Å². The number of nitrogens with one attached hydrogen (secondary N) is 1. The first-order valence-corrected chi connectivity index (χ1v) is 7.35. The first kappa shape index (κ1) is 12.2. The molecule has 1 saturated carbocycles. The number of aromatic nitrogens is 3. The van der Waals surface area contributed by atoms with E-state index in [-0.39, 0.29) is 5.54 Å². The van der Waals surface area contributed by atoms with Gasteiger partial charge in [0.15, 0.2) is 5.82 Å². The molecule has 0 bridgehead atoms. The van der Waals surface area contributed by atoms with Crippen molar-refractivity contribution in [3.63, 3.8) is 0 Å². The Labute approximate surface area is 109 Å². The van der Waals surface area contributed by atoms with Crippen molar-refractivity contribution in [2.45, 2.75) is 63.3 Å². The quantitative estimate of drug-likeness (QED) is 0.874. The summed E-state index contributed by atoms with van der Waals surface area (Å²) in [7, 11) is 2.04. The van der Waals surface area contributed by atoms with E-state index in [4.69, 9.17) is 4.98 Å². The van der Waals surface area contributed by atoms with Gasteiger partial charge in [-0.05, 0) is 39.2 Å². The lowest BCUT2D eigenvalue weighted by Crippen LogP contribution is -2.36. The predicted octanol–water partition coefficient (Wildman–Crippen LogP) is 2.46. The molecule has 1 aliphatic carbocycles. The largest absolute Gasteiger partial charge is 0.305 e. The molecule has 4 heteroatoms. The smallest absolute Gasteiger partial charge is 0.154 e. The van der Waals surface area contributed by atoms with Crippen LogP contribution in [0.2, 0.25) is 0 Å². The summed E-state index contributed by atoms with van der Waals surface area (Å²) >= 11 is 0. The van der Waals surface area contributed by atoms with E-state index in [1.165, 1.54) is 44.9 Å². The lowest BCUT2D eigenvalue weighted by Gasteiger charge is -2.22. The molecule has 2 aliphatic rings. The average Bonchev–Trinajstić information content (AvgIpc) is 2.98. The van der Waals surface area contributed by atoms with Crippen LogP contribution < -0.4 is 5.32 Å². The molecule has 2 heterocycles. The maximum absolute atomic E-state index is 4.88. The van der Waals surface area contributed by atoms with E-state index in [0.29, 0.717) is 5.92 Å². The average molecular weight is 248 g/mol. The van der Waals surface area contributed by atoms with E-state index < -0.39 is 0 Å². The van der Waals surface area contributed by atoms with Gasteiger partial charge in [0.25, 0.3) is 0 Å². The van der Waals surface area contributed by atoms with Crippen LogP contribution in [0.4, 0.5) is 0 Å². The van der Waals surface area contributed by atoms with Gasteiger partial charge in [0.1, 0.15) is 5.82 Å². The highest BCUT2D eigenvalue weighted by atomic mass is 15.4. The minimum Gasteiger partial charge on any atom is -0.305 e. The highest BCUT2D eigenvalue weighted by Crippen LogP contribution is 2.33. The summed E-state index contributed by atoms with van der Waals surface area (Å²) in [6.07, 6.45) is 9.02. The van der Waals surface area contributed by atoms with Crippen LogP contribution >= 0.6 is 0 Å².